The molecule has 0 saturated carbocycles. The summed E-state index contributed by atoms with van der Waals surface area (Å²) in [7, 11) is 0. The van der Waals surface area contributed by atoms with E-state index in [-0.39, 0.29) is 23.8 Å². The molecule has 1 amide bonds. The maximum atomic E-state index is 12.8. The molecule has 2 aromatic carbocycles. The molecule has 1 heterocycles. The lowest BCUT2D eigenvalue weighted by atomic mass is 9.98. The molecule has 3 aromatic rings. The minimum atomic E-state index is -0.443. The number of hydrogen-bond donors (Lipinski definition) is 3. The Kier molecular flexibility index (Phi) is 5.87. The van der Waals surface area contributed by atoms with Crippen LogP contribution in [0.2, 0.25) is 0 Å². The van der Waals surface area contributed by atoms with E-state index in [9.17, 15) is 4.79 Å². The van der Waals surface area contributed by atoms with Crippen molar-refractivity contribution in [3.05, 3.63) is 71.8 Å². The number of amides is 1. The number of nitrogens with zero attached hydrogens (tertiary/aromatic N) is 3. The van der Waals surface area contributed by atoms with Crippen LogP contribution in [0, 0.1) is 0 Å². The number of hydrogen-bond acceptors (Lipinski definition) is 7. The van der Waals surface area contributed by atoms with Gasteiger partial charge in [0.1, 0.15) is 0 Å². The molecule has 0 radical (unpaired) electrons. The van der Waals surface area contributed by atoms with E-state index in [1.54, 1.807) is 6.92 Å². The van der Waals surface area contributed by atoms with Crippen LogP contribution in [0.25, 0.3) is 0 Å². The second-order valence-corrected chi connectivity index (χ2v) is 7.17. The summed E-state index contributed by atoms with van der Waals surface area (Å²) in [6.45, 7) is 1.78. The molecule has 0 aliphatic heterocycles. The Morgan fingerprint density at radius 1 is 0.889 bits per heavy atom. The van der Waals surface area contributed by atoms with Gasteiger partial charge < -0.3 is 16.8 Å². The Bertz CT molecular complexity index is 847. The highest BCUT2D eigenvalue weighted by atomic mass is 32.2. The Hall–Kier alpha value is -3.13. The van der Waals surface area contributed by atoms with Gasteiger partial charge in [-0.1, -0.05) is 72.4 Å². The molecule has 0 fully saturated rings. The van der Waals surface area contributed by atoms with Gasteiger partial charge >= 0.3 is 0 Å². The Labute approximate surface area is 161 Å². The smallest absolute Gasteiger partial charge is 0.234 e. The summed E-state index contributed by atoms with van der Waals surface area (Å²) in [5.41, 5.74) is 13.2. The first-order chi connectivity index (χ1) is 13.0. The van der Waals surface area contributed by atoms with Crippen molar-refractivity contribution in [1.29, 1.82) is 0 Å². The summed E-state index contributed by atoms with van der Waals surface area (Å²) >= 11 is 1.18. The lowest BCUT2D eigenvalue weighted by Crippen LogP contribution is -2.35. The van der Waals surface area contributed by atoms with Gasteiger partial charge in [-0.3, -0.25) is 4.79 Å². The van der Waals surface area contributed by atoms with Gasteiger partial charge in [-0.15, -0.1) is 0 Å². The molecule has 0 unspecified atom stereocenters. The molecular formula is C19H20N6OS. The summed E-state index contributed by atoms with van der Waals surface area (Å²) in [4.78, 5) is 24.6. The fourth-order valence-electron chi connectivity index (χ4n) is 2.56. The molecule has 0 aliphatic carbocycles. The SMILES string of the molecule is C[C@H](Sc1nc(N)nc(N)n1)C(=O)NC(c1ccccc1)c1ccccc1. The molecule has 0 saturated heterocycles. The van der Waals surface area contributed by atoms with Crippen LogP contribution in [-0.2, 0) is 4.79 Å². The molecule has 138 valence electrons. The fraction of sp³-hybridized carbons (Fsp3) is 0.158. The Balaban J connectivity index is 1.78. The number of carbonyl (C=O) groups is 1. The van der Waals surface area contributed by atoms with Crippen LogP contribution in [0.3, 0.4) is 0 Å². The first kappa shape index (κ1) is 18.7. The number of thioether (sulfide) groups is 1. The van der Waals surface area contributed by atoms with Crippen LogP contribution in [-0.4, -0.2) is 26.1 Å². The summed E-state index contributed by atoms with van der Waals surface area (Å²) in [5.74, 6) is -0.0802. The third-order valence-electron chi connectivity index (χ3n) is 3.85. The van der Waals surface area contributed by atoms with Crippen LogP contribution in [0.15, 0.2) is 65.8 Å². The van der Waals surface area contributed by atoms with Gasteiger partial charge in [-0.2, -0.15) is 15.0 Å². The molecule has 0 bridgehead atoms. The van der Waals surface area contributed by atoms with Crippen LogP contribution < -0.4 is 16.8 Å². The minimum absolute atomic E-state index is 0.0315. The summed E-state index contributed by atoms with van der Waals surface area (Å²) in [6, 6.07) is 19.4. The van der Waals surface area contributed by atoms with Crippen molar-refractivity contribution in [2.75, 3.05) is 11.5 Å². The van der Waals surface area contributed by atoms with Gasteiger partial charge in [-0.25, -0.2) is 0 Å². The maximum absolute atomic E-state index is 12.8. The van der Waals surface area contributed by atoms with E-state index in [1.165, 1.54) is 11.8 Å². The van der Waals surface area contributed by atoms with Gasteiger partial charge in [0.05, 0.1) is 11.3 Å². The zero-order valence-electron chi connectivity index (χ0n) is 14.7. The van der Waals surface area contributed by atoms with Gasteiger partial charge in [-0.05, 0) is 18.1 Å². The van der Waals surface area contributed by atoms with E-state index >= 15 is 0 Å². The van der Waals surface area contributed by atoms with Gasteiger partial charge in [0.15, 0.2) is 5.16 Å². The van der Waals surface area contributed by atoms with Crippen molar-refractivity contribution in [3.63, 3.8) is 0 Å². The highest BCUT2D eigenvalue weighted by Gasteiger charge is 2.22. The fourth-order valence-corrected chi connectivity index (χ4v) is 3.35. The Morgan fingerprint density at radius 3 is 1.85 bits per heavy atom. The standard InChI is InChI=1S/C19H20N6OS/c1-12(27-19-24-17(20)23-18(21)25-19)16(26)22-15(13-8-4-2-5-9-13)14-10-6-3-7-11-14/h2-12,15H,1H3,(H,22,26)(H4,20,21,23,24,25)/t12-/m0/s1. The summed E-state index contributed by atoms with van der Waals surface area (Å²) < 4.78 is 0. The second kappa shape index (κ2) is 8.50. The number of benzene rings is 2. The quantitative estimate of drug-likeness (QED) is 0.562. The van der Waals surface area contributed by atoms with Crippen LogP contribution in [0.4, 0.5) is 11.9 Å². The van der Waals surface area contributed by atoms with Crippen molar-refractivity contribution in [2.24, 2.45) is 0 Å². The normalized spacial score (nSPS) is 11.9. The number of nitrogens with two attached hydrogens (primary N) is 2. The predicted octanol–water partition coefficient (Wildman–Crippen LogP) is 2.42. The average molecular weight is 380 g/mol. The van der Waals surface area contributed by atoms with E-state index in [4.69, 9.17) is 11.5 Å². The highest BCUT2D eigenvalue weighted by molar-refractivity contribution is 8.00. The number of anilines is 2. The van der Waals surface area contributed by atoms with Crippen LogP contribution >= 0.6 is 11.8 Å². The molecular weight excluding hydrogens is 360 g/mol. The molecule has 7 nitrogen and oxygen atoms in total. The van der Waals surface area contributed by atoms with Gasteiger partial charge in [0, 0.05) is 0 Å². The van der Waals surface area contributed by atoms with Crippen molar-refractivity contribution >= 4 is 29.6 Å². The Morgan fingerprint density at radius 2 is 1.37 bits per heavy atom. The van der Waals surface area contributed by atoms with Crippen molar-refractivity contribution in [3.8, 4) is 0 Å². The summed E-state index contributed by atoms with van der Waals surface area (Å²) in [6.07, 6.45) is 0. The third-order valence-corrected chi connectivity index (χ3v) is 4.81. The molecule has 0 aliphatic rings. The molecule has 8 heteroatoms. The predicted molar refractivity (Wildman–Crippen MR) is 107 cm³/mol. The topological polar surface area (TPSA) is 120 Å². The number of carbonyl (C=O) groups excluding carboxylic acids is 1. The zero-order chi connectivity index (χ0) is 19.2. The van der Waals surface area contributed by atoms with Gasteiger partial charge in [0.2, 0.25) is 17.8 Å². The highest BCUT2D eigenvalue weighted by Crippen LogP contribution is 2.25. The van der Waals surface area contributed by atoms with Crippen molar-refractivity contribution in [1.82, 2.24) is 20.3 Å². The lowest BCUT2D eigenvalue weighted by Gasteiger charge is -2.21. The van der Waals surface area contributed by atoms with Crippen LogP contribution in [0.1, 0.15) is 24.1 Å². The molecule has 1 atom stereocenters. The van der Waals surface area contributed by atoms with E-state index in [2.05, 4.69) is 20.3 Å². The zero-order valence-corrected chi connectivity index (χ0v) is 15.6. The monoisotopic (exact) mass is 380 g/mol. The molecule has 27 heavy (non-hydrogen) atoms. The molecule has 5 N–H and O–H groups in total. The third kappa shape index (κ3) is 4.95. The molecule has 0 spiro atoms. The molecule has 1 aromatic heterocycles. The largest absolute Gasteiger partial charge is 0.368 e. The number of nitrogens with one attached hydrogen (secondary N) is 1. The van der Waals surface area contributed by atoms with E-state index in [0.29, 0.717) is 5.16 Å². The van der Waals surface area contributed by atoms with Gasteiger partial charge in [0.25, 0.3) is 0 Å². The van der Waals surface area contributed by atoms with E-state index in [0.717, 1.165) is 11.1 Å². The number of nitrogen functional groups attached to an aromatic ring is 2. The minimum Gasteiger partial charge on any atom is -0.368 e. The number of rotatable bonds is 6. The first-order valence-electron chi connectivity index (χ1n) is 8.37. The van der Waals surface area contributed by atoms with Crippen molar-refractivity contribution < 1.29 is 4.79 Å². The summed E-state index contributed by atoms with van der Waals surface area (Å²) in [5, 5.41) is 2.98. The van der Waals surface area contributed by atoms with E-state index in [1.807, 2.05) is 60.7 Å². The van der Waals surface area contributed by atoms with Crippen molar-refractivity contribution in [2.45, 2.75) is 23.4 Å². The lowest BCUT2D eigenvalue weighted by molar-refractivity contribution is -0.120. The molecule has 3 rings (SSSR count). The average Bonchev–Trinajstić information content (AvgIpc) is 2.66. The second-order valence-electron chi connectivity index (χ2n) is 5.86. The maximum Gasteiger partial charge on any atom is 0.234 e. The first-order valence-corrected chi connectivity index (χ1v) is 9.25. The number of aromatic nitrogens is 3. The van der Waals surface area contributed by atoms with E-state index < -0.39 is 5.25 Å². The van der Waals surface area contributed by atoms with Crippen LogP contribution in [0.5, 0.6) is 0 Å².